The molecule has 0 unspecified atom stereocenters. The molecule has 2 aromatic heterocycles. The van der Waals surface area contributed by atoms with Crippen molar-refractivity contribution in [1.82, 2.24) is 10.2 Å². The van der Waals surface area contributed by atoms with Gasteiger partial charge >= 0.3 is 0 Å². The van der Waals surface area contributed by atoms with Gasteiger partial charge in [0.15, 0.2) is 10.8 Å². The summed E-state index contributed by atoms with van der Waals surface area (Å²) in [5, 5.41) is 7.84. The van der Waals surface area contributed by atoms with Crippen molar-refractivity contribution in [2.24, 2.45) is 5.41 Å². The van der Waals surface area contributed by atoms with Gasteiger partial charge in [-0.2, -0.15) is 5.10 Å². The molecule has 0 amide bonds. The maximum absolute atomic E-state index is 12.8. The molecule has 122 valence electrons. The average Bonchev–Trinajstić information content (AvgIpc) is 3.15. The Labute approximate surface area is 144 Å². The average molecular weight is 338 g/mol. The van der Waals surface area contributed by atoms with Gasteiger partial charge in [-0.3, -0.25) is 9.89 Å². The molecule has 0 aliphatic heterocycles. The number of carbonyl (C=O) groups is 1. The van der Waals surface area contributed by atoms with E-state index in [1.807, 2.05) is 36.4 Å². The number of thiophene rings is 1. The third-order valence-electron chi connectivity index (χ3n) is 4.24. The molecule has 5 heteroatoms. The number of para-hydroxylation sites is 1. The van der Waals surface area contributed by atoms with Gasteiger partial charge in [0.1, 0.15) is 11.4 Å². The number of rotatable bonds is 3. The molecule has 24 heavy (non-hydrogen) atoms. The van der Waals surface area contributed by atoms with E-state index in [1.165, 1.54) is 11.3 Å². The molecular formula is C19H18N2O2S. The Kier molecular flexibility index (Phi) is 3.53. The topological polar surface area (TPSA) is 55.0 Å². The van der Waals surface area contributed by atoms with Gasteiger partial charge in [0.2, 0.25) is 0 Å². The highest BCUT2D eigenvalue weighted by Gasteiger charge is 2.37. The zero-order valence-corrected chi connectivity index (χ0v) is 14.4. The van der Waals surface area contributed by atoms with Crippen LogP contribution in [0.2, 0.25) is 0 Å². The number of hydrogen-bond acceptors (Lipinski definition) is 4. The molecule has 3 aromatic rings. The van der Waals surface area contributed by atoms with Crippen LogP contribution < -0.4 is 4.74 Å². The standard InChI is InChI=1S/C19H18N2O2S/c1-19(2)10-13-16(15(22)11-19)18(23-12-6-4-3-5-7-12)24-17(13)14-8-9-20-21-14/h3-9H,10-11H2,1-2H3,(H,20,21). The van der Waals surface area contributed by atoms with Gasteiger partial charge in [-0.15, -0.1) is 0 Å². The van der Waals surface area contributed by atoms with Crippen LogP contribution in [0.25, 0.3) is 10.6 Å². The van der Waals surface area contributed by atoms with Crippen LogP contribution in [0.15, 0.2) is 42.6 Å². The Bertz CT molecular complexity index is 880. The molecular weight excluding hydrogens is 320 g/mol. The van der Waals surface area contributed by atoms with E-state index in [1.54, 1.807) is 6.20 Å². The van der Waals surface area contributed by atoms with Gasteiger partial charge < -0.3 is 4.74 Å². The van der Waals surface area contributed by atoms with Crippen LogP contribution in [0.5, 0.6) is 10.8 Å². The van der Waals surface area contributed by atoms with Crippen LogP contribution in [0.1, 0.15) is 36.2 Å². The van der Waals surface area contributed by atoms with E-state index >= 15 is 0 Å². The van der Waals surface area contributed by atoms with Crippen LogP contribution in [0.3, 0.4) is 0 Å². The fourth-order valence-electron chi connectivity index (χ4n) is 3.22. The number of ether oxygens (including phenoxy) is 1. The number of nitrogens with zero attached hydrogens (tertiary/aromatic N) is 1. The summed E-state index contributed by atoms with van der Waals surface area (Å²) >= 11 is 1.51. The molecule has 0 bridgehead atoms. The number of hydrogen-bond donors (Lipinski definition) is 1. The quantitative estimate of drug-likeness (QED) is 0.724. The lowest BCUT2D eigenvalue weighted by molar-refractivity contribution is 0.0911. The predicted octanol–water partition coefficient (Wildman–Crippen LogP) is 5.09. The molecule has 0 radical (unpaired) electrons. The van der Waals surface area contributed by atoms with E-state index in [-0.39, 0.29) is 11.2 Å². The van der Waals surface area contributed by atoms with Crippen molar-refractivity contribution in [3.8, 4) is 21.4 Å². The van der Waals surface area contributed by atoms with E-state index < -0.39 is 0 Å². The summed E-state index contributed by atoms with van der Waals surface area (Å²) in [6.45, 7) is 4.27. The smallest absolute Gasteiger partial charge is 0.192 e. The number of H-pyrrole nitrogens is 1. The molecule has 2 heterocycles. The van der Waals surface area contributed by atoms with Gasteiger partial charge in [-0.05, 0) is 35.6 Å². The first-order valence-electron chi connectivity index (χ1n) is 7.95. The number of aromatic nitrogens is 2. The molecule has 0 saturated heterocycles. The number of benzene rings is 1. The highest BCUT2D eigenvalue weighted by molar-refractivity contribution is 7.18. The van der Waals surface area contributed by atoms with Gasteiger partial charge in [-0.25, -0.2) is 0 Å². The summed E-state index contributed by atoms with van der Waals surface area (Å²) in [6.07, 6.45) is 3.20. The highest BCUT2D eigenvalue weighted by Crippen LogP contribution is 2.49. The van der Waals surface area contributed by atoms with Crippen LogP contribution in [0.4, 0.5) is 0 Å². The van der Waals surface area contributed by atoms with Crippen LogP contribution >= 0.6 is 11.3 Å². The zero-order valence-electron chi connectivity index (χ0n) is 13.6. The van der Waals surface area contributed by atoms with E-state index in [2.05, 4.69) is 24.0 Å². The van der Waals surface area contributed by atoms with Crippen molar-refractivity contribution in [3.05, 3.63) is 53.7 Å². The first-order valence-corrected chi connectivity index (χ1v) is 8.77. The first-order chi connectivity index (χ1) is 11.5. The fraction of sp³-hybridized carbons (Fsp3) is 0.263. The third kappa shape index (κ3) is 2.65. The molecule has 4 nitrogen and oxygen atoms in total. The lowest BCUT2D eigenvalue weighted by Gasteiger charge is -2.29. The van der Waals surface area contributed by atoms with Crippen molar-refractivity contribution in [2.45, 2.75) is 26.7 Å². The molecule has 0 atom stereocenters. The number of ketones is 1. The van der Waals surface area contributed by atoms with Gasteiger partial charge in [0.05, 0.1) is 10.4 Å². The van der Waals surface area contributed by atoms with Crippen molar-refractivity contribution >= 4 is 17.1 Å². The molecule has 4 rings (SSSR count). The second-order valence-electron chi connectivity index (χ2n) is 6.89. The Morgan fingerprint density at radius 3 is 2.67 bits per heavy atom. The second-order valence-corrected chi connectivity index (χ2v) is 7.87. The molecule has 0 saturated carbocycles. The van der Waals surface area contributed by atoms with Crippen LogP contribution in [-0.2, 0) is 6.42 Å². The number of aromatic amines is 1. The summed E-state index contributed by atoms with van der Waals surface area (Å²) < 4.78 is 6.05. The minimum Gasteiger partial charge on any atom is -0.446 e. The molecule has 1 aliphatic carbocycles. The summed E-state index contributed by atoms with van der Waals surface area (Å²) in [7, 11) is 0. The zero-order chi connectivity index (χ0) is 16.7. The Hall–Kier alpha value is -2.40. The van der Waals surface area contributed by atoms with E-state index in [9.17, 15) is 4.79 Å². The summed E-state index contributed by atoms with van der Waals surface area (Å²) in [4.78, 5) is 13.8. The largest absolute Gasteiger partial charge is 0.446 e. The van der Waals surface area contributed by atoms with E-state index in [0.717, 1.165) is 33.9 Å². The van der Waals surface area contributed by atoms with Crippen molar-refractivity contribution in [3.63, 3.8) is 0 Å². The molecule has 1 aliphatic rings. The molecule has 1 N–H and O–H groups in total. The number of fused-ring (bicyclic) bond motifs is 1. The summed E-state index contributed by atoms with van der Waals surface area (Å²) in [6, 6.07) is 11.5. The monoisotopic (exact) mass is 338 g/mol. The maximum Gasteiger partial charge on any atom is 0.192 e. The molecule has 0 spiro atoms. The molecule has 1 aromatic carbocycles. The highest BCUT2D eigenvalue weighted by atomic mass is 32.1. The van der Waals surface area contributed by atoms with Gasteiger partial charge in [0.25, 0.3) is 0 Å². The minimum absolute atomic E-state index is 0.0414. The maximum atomic E-state index is 12.8. The Morgan fingerprint density at radius 1 is 1.17 bits per heavy atom. The van der Waals surface area contributed by atoms with E-state index in [4.69, 9.17) is 4.74 Å². The van der Waals surface area contributed by atoms with E-state index in [0.29, 0.717) is 11.5 Å². The third-order valence-corrected chi connectivity index (χ3v) is 5.37. The van der Waals surface area contributed by atoms with Crippen molar-refractivity contribution in [1.29, 1.82) is 0 Å². The fourth-order valence-corrected chi connectivity index (χ4v) is 4.40. The van der Waals surface area contributed by atoms with Gasteiger partial charge in [0, 0.05) is 12.6 Å². The summed E-state index contributed by atoms with van der Waals surface area (Å²) in [5.74, 6) is 0.901. The number of carbonyl (C=O) groups excluding carboxylic acids is 1. The van der Waals surface area contributed by atoms with Crippen molar-refractivity contribution < 1.29 is 9.53 Å². The minimum atomic E-state index is -0.0414. The molecule has 0 fully saturated rings. The number of nitrogens with one attached hydrogen (secondary N) is 1. The van der Waals surface area contributed by atoms with Gasteiger partial charge in [-0.1, -0.05) is 43.4 Å². The lowest BCUT2D eigenvalue weighted by atomic mass is 9.74. The Morgan fingerprint density at radius 2 is 1.96 bits per heavy atom. The second kappa shape index (κ2) is 5.60. The van der Waals surface area contributed by atoms with Crippen LogP contribution in [-0.4, -0.2) is 16.0 Å². The number of Topliss-reactive ketones (excluding diaryl/α,β-unsaturated/α-hetero) is 1. The normalized spacial score (nSPS) is 16.0. The predicted molar refractivity (Wildman–Crippen MR) is 94.8 cm³/mol. The summed E-state index contributed by atoms with van der Waals surface area (Å²) in [5.41, 5.74) is 2.63. The first kappa shape index (κ1) is 15.1. The lowest BCUT2D eigenvalue weighted by Crippen LogP contribution is -2.26. The Balaban J connectivity index is 1.85. The van der Waals surface area contributed by atoms with Crippen LogP contribution in [0, 0.1) is 5.41 Å². The SMILES string of the molecule is CC1(C)CC(=O)c2c(Oc3ccccc3)sc(-c3cc[nH]n3)c2C1. The van der Waals surface area contributed by atoms with Crippen molar-refractivity contribution in [2.75, 3.05) is 0 Å².